The minimum Gasteiger partial charge on any atom is -0.493 e. The number of fused-ring (bicyclic) bond motifs is 3. The highest BCUT2D eigenvalue weighted by molar-refractivity contribution is 7.99. The van der Waals surface area contributed by atoms with Crippen molar-refractivity contribution in [3.63, 3.8) is 0 Å². The number of halogens is 1. The molecule has 8 rings (SSSR count). The lowest BCUT2D eigenvalue weighted by Crippen LogP contribution is -2.70. The average Bonchev–Trinajstić information content (AvgIpc) is 3.82. The van der Waals surface area contributed by atoms with Crippen LogP contribution >= 0.6 is 23.4 Å². The van der Waals surface area contributed by atoms with E-state index in [1.165, 1.54) is 4.90 Å². The van der Waals surface area contributed by atoms with Crippen molar-refractivity contribution >= 4 is 35.2 Å². The molecule has 1 saturated carbocycles. The minimum atomic E-state index is -1.49. The molecule has 3 aromatic rings. The summed E-state index contributed by atoms with van der Waals surface area (Å²) in [5.74, 6) is 1.29. The number of oxime groups is 1. The van der Waals surface area contributed by atoms with E-state index in [-0.39, 0.29) is 69.8 Å². The van der Waals surface area contributed by atoms with Gasteiger partial charge in [0.05, 0.1) is 37.3 Å². The molecule has 15 heteroatoms. The molecule has 356 valence electrons. The summed E-state index contributed by atoms with van der Waals surface area (Å²) in [5, 5.41) is 25.0. The number of ether oxygens (including phenoxy) is 7. The van der Waals surface area contributed by atoms with Crippen molar-refractivity contribution in [1.29, 1.82) is 0 Å². The van der Waals surface area contributed by atoms with Crippen LogP contribution in [-0.4, -0.2) is 103 Å². The van der Waals surface area contributed by atoms with Crippen LogP contribution in [0.2, 0.25) is 0 Å². The summed E-state index contributed by atoms with van der Waals surface area (Å²) in [6.45, 7) is 5.65. The Morgan fingerprint density at radius 1 is 0.970 bits per heavy atom. The predicted molar refractivity (Wildman–Crippen MR) is 252 cm³/mol. The zero-order chi connectivity index (χ0) is 45.7. The molecule has 0 bridgehead atoms. The van der Waals surface area contributed by atoms with E-state index in [9.17, 15) is 15.0 Å². The van der Waals surface area contributed by atoms with E-state index in [2.05, 4.69) is 30.9 Å². The smallest absolute Gasteiger partial charge is 0.410 e. The maximum Gasteiger partial charge on any atom is 0.410 e. The predicted octanol–water partition coefficient (Wildman–Crippen LogP) is 9.62. The number of hydrogen-bond acceptors (Lipinski definition) is 13. The number of carbonyl (C=O) groups excluding carboxylic acids is 1. The van der Waals surface area contributed by atoms with Crippen LogP contribution in [0.5, 0.6) is 23.0 Å². The highest BCUT2D eigenvalue weighted by Crippen LogP contribution is 2.62. The number of nitrogens with zero attached hydrogens (tertiary/aromatic N) is 2. The summed E-state index contributed by atoms with van der Waals surface area (Å²) < 4.78 is 44.4. The standard InChI is InChI=1S/C51H63ClN2O11S/c1-2-24-63-51-46(54(50(57)60-26-21-52)33-35-17-19-44-45(29-35)62-34-61-44)32-42(53-65-47-16-8-11-25-59-47)40-30-36(12-6-9-22-55)39(15-7-10-23-56)48(49(40)51)41-31-37(18-20-43(41)64-51)58-27-28-66-38-13-4-3-5-14-38/h2-5,13-14,17-20,29-31,36,39,46-49,55-56H,1,6-12,15-16,21-28,32-34H2/t36-,39+,46-,47?,48+,49+,51+/m0/s1. The first-order chi connectivity index (χ1) is 32.5. The molecule has 3 aliphatic heterocycles. The molecule has 7 atom stereocenters. The third-order valence-electron chi connectivity index (χ3n) is 13.1. The lowest BCUT2D eigenvalue weighted by molar-refractivity contribution is -0.256. The Bertz CT molecular complexity index is 2140. The Balaban J connectivity index is 1.28. The fourth-order valence-corrected chi connectivity index (χ4v) is 11.1. The minimum absolute atomic E-state index is 0.00960. The summed E-state index contributed by atoms with van der Waals surface area (Å²) in [6, 6.07) is 21.1. The second-order valence-corrected chi connectivity index (χ2v) is 18.8. The van der Waals surface area contributed by atoms with Gasteiger partial charge in [-0.2, -0.15) is 0 Å². The van der Waals surface area contributed by atoms with E-state index in [1.807, 2.05) is 48.5 Å². The average molecular weight is 948 g/mol. The van der Waals surface area contributed by atoms with Gasteiger partial charge in [0, 0.05) is 54.7 Å². The third kappa shape index (κ3) is 11.1. The highest BCUT2D eigenvalue weighted by Gasteiger charge is 2.66. The molecule has 0 aromatic heterocycles. The maximum atomic E-state index is 14.7. The van der Waals surface area contributed by atoms with E-state index in [1.54, 1.807) is 22.7 Å². The van der Waals surface area contributed by atoms with Gasteiger partial charge in [0.25, 0.3) is 0 Å². The SMILES string of the molecule is C=CCO[C@@]12Oc3ccc(OCCSc4ccccc4)cc3[C@H]3[C@H](CCCCO)[C@@H](CCCCO)C=C(C(=NOC4CCCCO4)C[C@@H]1N(Cc1ccc4c(c1)OCO4)C(=O)OCCCl)[C@H]32. The summed E-state index contributed by atoms with van der Waals surface area (Å²) in [5.41, 5.74) is 3.35. The Morgan fingerprint density at radius 3 is 2.58 bits per heavy atom. The number of aliphatic hydroxyl groups is 2. The van der Waals surface area contributed by atoms with Crippen LogP contribution in [0.25, 0.3) is 0 Å². The molecular formula is C51H63ClN2O11S. The van der Waals surface area contributed by atoms with E-state index >= 15 is 0 Å². The fourth-order valence-electron chi connectivity index (χ4n) is 10.2. The van der Waals surface area contributed by atoms with Gasteiger partial charge in [-0.15, -0.1) is 29.9 Å². The molecule has 5 aliphatic rings. The van der Waals surface area contributed by atoms with Crippen LogP contribution in [0.3, 0.4) is 0 Å². The van der Waals surface area contributed by atoms with Crippen LogP contribution in [0.1, 0.15) is 81.3 Å². The first kappa shape index (κ1) is 48.0. The number of carbonyl (C=O) groups is 1. The quantitative estimate of drug-likeness (QED) is 0.0307. The Hall–Kier alpha value is -4.44. The summed E-state index contributed by atoms with van der Waals surface area (Å²) in [4.78, 5) is 23.9. The Labute approximate surface area is 397 Å². The molecule has 1 saturated heterocycles. The van der Waals surface area contributed by atoms with Gasteiger partial charge in [-0.05, 0) is 104 Å². The molecule has 1 amide bonds. The molecule has 0 radical (unpaired) electrons. The molecule has 13 nitrogen and oxygen atoms in total. The molecule has 66 heavy (non-hydrogen) atoms. The van der Waals surface area contributed by atoms with Crippen molar-refractivity contribution in [2.75, 3.05) is 58.1 Å². The zero-order valence-electron chi connectivity index (χ0n) is 37.6. The first-order valence-corrected chi connectivity index (χ1v) is 25.0. The summed E-state index contributed by atoms with van der Waals surface area (Å²) >= 11 is 7.89. The summed E-state index contributed by atoms with van der Waals surface area (Å²) in [7, 11) is 0. The van der Waals surface area contributed by atoms with Crippen LogP contribution in [-0.2, 0) is 25.6 Å². The van der Waals surface area contributed by atoms with Gasteiger partial charge < -0.3 is 48.2 Å². The van der Waals surface area contributed by atoms with Gasteiger partial charge in [-0.1, -0.05) is 54.4 Å². The number of hydrogen-bond donors (Lipinski definition) is 2. The van der Waals surface area contributed by atoms with E-state index < -0.39 is 30.1 Å². The van der Waals surface area contributed by atoms with Gasteiger partial charge in [-0.25, -0.2) is 4.79 Å². The summed E-state index contributed by atoms with van der Waals surface area (Å²) in [6.07, 6.45) is 10.3. The lowest BCUT2D eigenvalue weighted by atomic mass is 9.55. The highest BCUT2D eigenvalue weighted by atomic mass is 35.5. The van der Waals surface area contributed by atoms with Crippen LogP contribution < -0.4 is 18.9 Å². The Morgan fingerprint density at radius 2 is 1.79 bits per heavy atom. The number of amides is 1. The van der Waals surface area contributed by atoms with Crippen molar-refractivity contribution in [1.82, 2.24) is 4.90 Å². The van der Waals surface area contributed by atoms with Crippen molar-refractivity contribution < 1.29 is 53.0 Å². The van der Waals surface area contributed by atoms with E-state index in [4.69, 9.17) is 54.8 Å². The first-order valence-electron chi connectivity index (χ1n) is 23.5. The largest absolute Gasteiger partial charge is 0.493 e. The molecule has 2 aliphatic carbocycles. The monoisotopic (exact) mass is 946 g/mol. The molecule has 2 fully saturated rings. The fraction of sp³-hybridized carbons (Fsp3) is 0.529. The number of thioether (sulfide) groups is 1. The van der Waals surface area contributed by atoms with Gasteiger partial charge in [0.1, 0.15) is 24.1 Å². The van der Waals surface area contributed by atoms with Crippen molar-refractivity contribution in [2.24, 2.45) is 22.9 Å². The van der Waals surface area contributed by atoms with Crippen LogP contribution in [0.15, 0.2) is 101 Å². The molecule has 3 heterocycles. The molecule has 3 aromatic carbocycles. The molecular weight excluding hydrogens is 884 g/mol. The Kier molecular flexibility index (Phi) is 17.1. The van der Waals surface area contributed by atoms with Crippen molar-refractivity contribution in [3.8, 4) is 23.0 Å². The zero-order valence-corrected chi connectivity index (χ0v) is 39.1. The van der Waals surface area contributed by atoms with E-state index in [0.29, 0.717) is 55.4 Å². The second-order valence-electron chi connectivity index (χ2n) is 17.3. The van der Waals surface area contributed by atoms with Crippen molar-refractivity contribution in [2.45, 2.75) is 99.7 Å². The van der Waals surface area contributed by atoms with Gasteiger partial charge >= 0.3 is 6.09 Å². The normalized spacial score (nSPS) is 25.5. The third-order valence-corrected chi connectivity index (χ3v) is 14.3. The van der Waals surface area contributed by atoms with Crippen LogP contribution in [0, 0.1) is 17.8 Å². The lowest BCUT2D eigenvalue weighted by Gasteiger charge is -2.59. The van der Waals surface area contributed by atoms with Gasteiger partial charge in [0.2, 0.25) is 18.9 Å². The number of unbranched alkanes of at least 4 members (excludes halogenated alkanes) is 2. The van der Waals surface area contributed by atoms with E-state index in [0.717, 1.165) is 66.7 Å². The number of rotatable bonds is 23. The molecule has 2 N–H and O–H groups in total. The number of allylic oxidation sites excluding steroid dienone is 1. The van der Waals surface area contributed by atoms with Gasteiger partial charge in [-0.3, -0.25) is 4.90 Å². The number of alkyl halides is 1. The number of aliphatic hydroxyl groups excluding tert-OH is 2. The van der Waals surface area contributed by atoms with Gasteiger partial charge in [0.15, 0.2) is 11.5 Å². The maximum absolute atomic E-state index is 14.7. The molecule has 1 unspecified atom stereocenters. The van der Waals surface area contributed by atoms with Crippen molar-refractivity contribution in [3.05, 3.63) is 102 Å². The number of benzene rings is 3. The molecule has 0 spiro atoms. The van der Waals surface area contributed by atoms with Crippen LogP contribution in [0.4, 0.5) is 4.79 Å². The second kappa shape index (κ2) is 23.5. The topological polar surface area (TPSA) is 147 Å².